The number of nitrogens with one attached hydrogen (secondary N) is 2. The highest BCUT2D eigenvalue weighted by Crippen LogP contribution is 2.20. The van der Waals surface area contributed by atoms with Gasteiger partial charge in [-0.05, 0) is 52.4 Å². The zero-order valence-electron chi connectivity index (χ0n) is 16.8. The lowest BCUT2D eigenvalue weighted by atomic mass is 9.95. The van der Waals surface area contributed by atoms with Crippen molar-refractivity contribution in [2.45, 2.75) is 77.4 Å². The topological polar surface area (TPSA) is 66.0 Å². The molecule has 2 rings (SSSR count). The number of carbonyl (C=O) groups excluding carboxylic acids is 1. The van der Waals surface area contributed by atoms with E-state index in [1.165, 1.54) is 32.1 Å². The molecular formula is C19H37IN4O2. The number of guanidine groups is 1. The molecule has 0 aromatic heterocycles. The third-order valence-electron chi connectivity index (χ3n) is 4.99. The van der Waals surface area contributed by atoms with Crippen molar-refractivity contribution in [3.8, 4) is 0 Å². The van der Waals surface area contributed by atoms with Crippen LogP contribution in [0.2, 0.25) is 0 Å². The van der Waals surface area contributed by atoms with Gasteiger partial charge in [0.25, 0.3) is 0 Å². The van der Waals surface area contributed by atoms with Gasteiger partial charge in [0.2, 0.25) is 0 Å². The predicted octanol–water partition coefficient (Wildman–Crippen LogP) is 3.75. The lowest BCUT2D eigenvalue weighted by molar-refractivity contribution is 0.0185. The second kappa shape index (κ2) is 11.2. The number of likely N-dealkylation sites (tertiary alicyclic amines) is 1. The summed E-state index contributed by atoms with van der Waals surface area (Å²) in [4.78, 5) is 18.3. The number of hydrogen-bond donors (Lipinski definition) is 2. The van der Waals surface area contributed by atoms with Gasteiger partial charge in [-0.25, -0.2) is 4.79 Å². The molecular weight excluding hydrogens is 443 g/mol. The summed E-state index contributed by atoms with van der Waals surface area (Å²) in [7, 11) is 1.84. The van der Waals surface area contributed by atoms with Crippen molar-refractivity contribution in [2.75, 3.05) is 26.7 Å². The van der Waals surface area contributed by atoms with Gasteiger partial charge < -0.3 is 20.3 Å². The molecule has 0 spiro atoms. The second-order valence-electron chi connectivity index (χ2n) is 8.34. The van der Waals surface area contributed by atoms with Crippen LogP contribution in [0.25, 0.3) is 0 Å². The average Bonchev–Trinajstić information content (AvgIpc) is 2.58. The molecule has 0 radical (unpaired) electrons. The van der Waals surface area contributed by atoms with E-state index in [0.29, 0.717) is 12.0 Å². The Balaban J connectivity index is 0.00000338. The minimum atomic E-state index is -0.424. The summed E-state index contributed by atoms with van der Waals surface area (Å²) in [6.45, 7) is 8.19. The standard InChI is InChI=1S/C19H36N4O2.HI/c1-19(2,3)25-18(24)23-12-10-15(11-13-23)14-21-17(20-4)22-16-8-6-5-7-9-16;/h15-16H,5-14H2,1-4H3,(H2,20,21,22);1H. The molecule has 26 heavy (non-hydrogen) atoms. The molecule has 2 fully saturated rings. The van der Waals surface area contributed by atoms with Gasteiger partial charge in [-0.15, -0.1) is 24.0 Å². The first kappa shape index (κ1) is 23.3. The van der Waals surface area contributed by atoms with E-state index >= 15 is 0 Å². The predicted molar refractivity (Wildman–Crippen MR) is 117 cm³/mol. The number of amides is 1. The fourth-order valence-corrected chi connectivity index (χ4v) is 3.52. The van der Waals surface area contributed by atoms with Crippen LogP contribution >= 0.6 is 24.0 Å². The molecule has 2 aliphatic rings. The molecule has 1 aliphatic carbocycles. The second-order valence-corrected chi connectivity index (χ2v) is 8.34. The molecule has 6 nitrogen and oxygen atoms in total. The number of carbonyl (C=O) groups is 1. The van der Waals surface area contributed by atoms with Gasteiger partial charge in [0, 0.05) is 32.7 Å². The maximum absolute atomic E-state index is 12.1. The van der Waals surface area contributed by atoms with E-state index < -0.39 is 5.60 Å². The number of hydrogen-bond acceptors (Lipinski definition) is 3. The normalized spacial score (nSPS) is 20.3. The average molecular weight is 480 g/mol. The summed E-state index contributed by atoms with van der Waals surface area (Å²) in [5.74, 6) is 1.49. The summed E-state index contributed by atoms with van der Waals surface area (Å²) in [5, 5.41) is 7.03. The number of nitrogens with zero attached hydrogens (tertiary/aromatic N) is 2. The molecule has 1 heterocycles. The van der Waals surface area contributed by atoms with Crippen LogP contribution in [0.5, 0.6) is 0 Å². The highest BCUT2D eigenvalue weighted by atomic mass is 127. The maximum atomic E-state index is 12.1. The first-order valence-corrected chi connectivity index (χ1v) is 9.82. The third-order valence-corrected chi connectivity index (χ3v) is 4.99. The fourth-order valence-electron chi connectivity index (χ4n) is 3.52. The van der Waals surface area contributed by atoms with Gasteiger partial charge in [-0.1, -0.05) is 19.3 Å². The molecule has 7 heteroatoms. The first-order chi connectivity index (χ1) is 11.9. The van der Waals surface area contributed by atoms with Crippen molar-refractivity contribution in [1.82, 2.24) is 15.5 Å². The third kappa shape index (κ3) is 8.31. The van der Waals surface area contributed by atoms with E-state index in [-0.39, 0.29) is 30.1 Å². The first-order valence-electron chi connectivity index (χ1n) is 9.82. The molecule has 1 saturated heterocycles. The Labute approximate surface area is 175 Å². The summed E-state index contributed by atoms with van der Waals surface area (Å²) >= 11 is 0. The van der Waals surface area contributed by atoms with E-state index in [4.69, 9.17) is 4.74 Å². The number of rotatable bonds is 3. The Morgan fingerprint density at radius 1 is 1.12 bits per heavy atom. The van der Waals surface area contributed by atoms with Crippen LogP contribution in [0.1, 0.15) is 65.7 Å². The van der Waals surface area contributed by atoms with Crippen LogP contribution in [0.4, 0.5) is 4.79 Å². The molecule has 1 saturated carbocycles. The molecule has 1 aliphatic heterocycles. The highest BCUT2D eigenvalue weighted by molar-refractivity contribution is 14.0. The summed E-state index contributed by atoms with van der Waals surface area (Å²) in [6.07, 6.45) is 8.31. The molecule has 152 valence electrons. The highest BCUT2D eigenvalue weighted by Gasteiger charge is 2.27. The lowest BCUT2D eigenvalue weighted by Crippen LogP contribution is -2.47. The van der Waals surface area contributed by atoms with Gasteiger partial charge in [0.05, 0.1) is 0 Å². The number of ether oxygens (including phenoxy) is 1. The van der Waals surface area contributed by atoms with E-state index in [1.807, 2.05) is 32.7 Å². The quantitative estimate of drug-likeness (QED) is 0.367. The monoisotopic (exact) mass is 480 g/mol. The molecule has 0 aromatic carbocycles. The summed E-state index contributed by atoms with van der Waals surface area (Å²) < 4.78 is 5.45. The van der Waals surface area contributed by atoms with Crippen molar-refractivity contribution in [2.24, 2.45) is 10.9 Å². The molecule has 2 N–H and O–H groups in total. The van der Waals surface area contributed by atoms with E-state index in [0.717, 1.165) is 38.4 Å². The molecule has 0 aromatic rings. The maximum Gasteiger partial charge on any atom is 0.410 e. The largest absolute Gasteiger partial charge is 0.444 e. The molecule has 0 bridgehead atoms. The van der Waals surface area contributed by atoms with Crippen LogP contribution in [0, 0.1) is 5.92 Å². The Morgan fingerprint density at radius 2 is 1.73 bits per heavy atom. The van der Waals surface area contributed by atoms with Crippen molar-refractivity contribution < 1.29 is 9.53 Å². The van der Waals surface area contributed by atoms with E-state index in [1.54, 1.807) is 0 Å². The van der Waals surface area contributed by atoms with Gasteiger partial charge in [0.1, 0.15) is 5.60 Å². The van der Waals surface area contributed by atoms with Gasteiger partial charge >= 0.3 is 6.09 Å². The van der Waals surface area contributed by atoms with Crippen LogP contribution in [0.3, 0.4) is 0 Å². The lowest BCUT2D eigenvalue weighted by Gasteiger charge is -2.34. The SMILES string of the molecule is CN=C(NCC1CCN(C(=O)OC(C)(C)C)CC1)NC1CCCCC1.I. The number of piperidine rings is 1. The van der Waals surface area contributed by atoms with Gasteiger partial charge in [-0.3, -0.25) is 4.99 Å². The summed E-state index contributed by atoms with van der Waals surface area (Å²) in [6, 6.07) is 0.564. The minimum Gasteiger partial charge on any atom is -0.444 e. The van der Waals surface area contributed by atoms with Gasteiger partial charge in [-0.2, -0.15) is 0 Å². The molecule has 0 unspecified atom stereocenters. The molecule has 1 amide bonds. The van der Waals surface area contributed by atoms with Crippen molar-refractivity contribution in [3.63, 3.8) is 0 Å². The minimum absolute atomic E-state index is 0. The van der Waals surface area contributed by atoms with Crippen LogP contribution < -0.4 is 10.6 Å². The van der Waals surface area contributed by atoms with Crippen LogP contribution in [-0.2, 0) is 4.74 Å². The van der Waals surface area contributed by atoms with Crippen molar-refractivity contribution in [1.29, 1.82) is 0 Å². The van der Waals surface area contributed by atoms with Crippen LogP contribution in [0.15, 0.2) is 4.99 Å². The number of halogens is 1. The Bertz CT molecular complexity index is 451. The van der Waals surface area contributed by atoms with Crippen LogP contribution in [-0.4, -0.2) is 55.3 Å². The molecule has 0 atom stereocenters. The van der Waals surface area contributed by atoms with E-state index in [9.17, 15) is 4.79 Å². The van der Waals surface area contributed by atoms with Gasteiger partial charge in [0.15, 0.2) is 5.96 Å². The Kier molecular flexibility index (Phi) is 10.0. The summed E-state index contributed by atoms with van der Waals surface area (Å²) in [5.41, 5.74) is -0.424. The van der Waals surface area contributed by atoms with Crippen molar-refractivity contribution in [3.05, 3.63) is 0 Å². The van der Waals surface area contributed by atoms with Crippen molar-refractivity contribution >= 4 is 36.0 Å². The van der Waals surface area contributed by atoms with E-state index in [2.05, 4.69) is 15.6 Å². The zero-order chi connectivity index (χ0) is 18.3. The fraction of sp³-hybridized carbons (Fsp3) is 0.895. The Morgan fingerprint density at radius 3 is 2.27 bits per heavy atom. The smallest absolute Gasteiger partial charge is 0.410 e. The Hall–Kier alpha value is -0.730. The number of aliphatic imine (C=N–C) groups is 1. The zero-order valence-corrected chi connectivity index (χ0v) is 19.2.